The van der Waals surface area contributed by atoms with E-state index in [1.807, 2.05) is 35.2 Å². The van der Waals surface area contributed by atoms with E-state index < -0.39 is 10.0 Å². The molecule has 2 saturated heterocycles. The molecule has 2 aliphatic rings. The first-order valence-electron chi connectivity index (χ1n) is 9.64. The largest absolute Gasteiger partial charge is 0.335 e. The van der Waals surface area contributed by atoms with Crippen molar-refractivity contribution in [2.24, 2.45) is 0 Å². The summed E-state index contributed by atoms with van der Waals surface area (Å²) in [4.78, 5) is 16.0. The number of carbonyl (C=O) groups is 1. The van der Waals surface area contributed by atoms with Crippen LogP contribution in [0, 0.1) is 0 Å². The Bertz CT molecular complexity index is 930. The number of quaternary nitrogens is 1. The Morgan fingerprint density at radius 3 is 2.30 bits per heavy atom. The molecule has 7 heteroatoms. The highest BCUT2D eigenvalue weighted by Gasteiger charge is 2.31. The minimum Gasteiger partial charge on any atom is -0.335 e. The predicted molar refractivity (Wildman–Crippen MR) is 104 cm³/mol. The average molecular weight is 389 g/mol. The van der Waals surface area contributed by atoms with E-state index in [2.05, 4.69) is 0 Å². The maximum atomic E-state index is 13.0. The molecular formula is C20H26N3O3S+. The van der Waals surface area contributed by atoms with E-state index >= 15 is 0 Å². The topological polar surface area (TPSA) is 62.1 Å². The van der Waals surface area contributed by atoms with Crippen molar-refractivity contribution in [3.05, 3.63) is 42.5 Å². The summed E-state index contributed by atoms with van der Waals surface area (Å²) >= 11 is 0. The first-order valence-corrected chi connectivity index (χ1v) is 11.1. The zero-order chi connectivity index (χ0) is 18.9. The van der Waals surface area contributed by atoms with Gasteiger partial charge in [0.25, 0.3) is 5.91 Å². The van der Waals surface area contributed by atoms with Crippen molar-refractivity contribution in [3.63, 3.8) is 0 Å². The van der Waals surface area contributed by atoms with Gasteiger partial charge in [-0.15, -0.1) is 0 Å². The number of benzene rings is 2. The molecule has 0 radical (unpaired) electrons. The molecular weight excluding hydrogens is 362 g/mol. The van der Waals surface area contributed by atoms with Crippen LogP contribution in [-0.4, -0.2) is 69.3 Å². The molecule has 2 fully saturated rings. The second kappa shape index (κ2) is 7.58. The van der Waals surface area contributed by atoms with E-state index in [1.165, 1.54) is 22.0 Å². The lowest BCUT2D eigenvalue weighted by molar-refractivity contribution is -0.879. The molecule has 6 nitrogen and oxygen atoms in total. The molecule has 0 atom stereocenters. The number of rotatable bonds is 4. The number of piperazine rings is 1. The summed E-state index contributed by atoms with van der Waals surface area (Å²) in [6, 6.07) is 13.0. The Balaban J connectivity index is 1.42. The van der Waals surface area contributed by atoms with Crippen LogP contribution in [-0.2, 0) is 14.8 Å². The van der Waals surface area contributed by atoms with E-state index in [4.69, 9.17) is 0 Å². The smallest absolute Gasteiger partial charge is 0.277 e. The predicted octanol–water partition coefficient (Wildman–Crippen LogP) is 0.351. The van der Waals surface area contributed by atoms with E-state index in [0.717, 1.165) is 23.9 Å². The lowest BCUT2D eigenvalue weighted by Crippen LogP contribution is -3.11. The molecule has 0 aromatic heterocycles. The number of hydrogen-bond donors (Lipinski definition) is 1. The Hall–Kier alpha value is -1.96. The highest BCUT2D eigenvalue weighted by molar-refractivity contribution is 7.89. The van der Waals surface area contributed by atoms with Gasteiger partial charge in [0, 0.05) is 39.0 Å². The third kappa shape index (κ3) is 3.85. The SMILES string of the molecule is O=C(C[NH+]1CCCC1)N1CCN(S(=O)(=O)c2ccc3ccccc3c2)CC1. The molecule has 2 aromatic rings. The minimum absolute atomic E-state index is 0.148. The van der Waals surface area contributed by atoms with Gasteiger partial charge in [-0.3, -0.25) is 4.79 Å². The van der Waals surface area contributed by atoms with Crippen LogP contribution in [0.4, 0.5) is 0 Å². The lowest BCUT2D eigenvalue weighted by Gasteiger charge is -2.34. The number of hydrogen-bond acceptors (Lipinski definition) is 3. The number of sulfonamides is 1. The fourth-order valence-electron chi connectivity index (χ4n) is 4.03. The summed E-state index contributed by atoms with van der Waals surface area (Å²) in [6.07, 6.45) is 2.39. The van der Waals surface area contributed by atoms with Crippen LogP contribution in [0.2, 0.25) is 0 Å². The number of fused-ring (bicyclic) bond motifs is 1. The lowest BCUT2D eigenvalue weighted by atomic mass is 10.1. The summed E-state index contributed by atoms with van der Waals surface area (Å²) in [5.41, 5.74) is 0. The van der Waals surface area contributed by atoms with Gasteiger partial charge in [-0.2, -0.15) is 4.31 Å². The van der Waals surface area contributed by atoms with E-state index in [1.54, 1.807) is 12.1 Å². The van der Waals surface area contributed by atoms with Gasteiger partial charge in [0.2, 0.25) is 10.0 Å². The number of nitrogens with zero attached hydrogens (tertiary/aromatic N) is 2. The number of amides is 1. The molecule has 4 rings (SSSR count). The van der Waals surface area contributed by atoms with E-state index in [-0.39, 0.29) is 5.91 Å². The Labute approximate surface area is 160 Å². The molecule has 1 amide bonds. The molecule has 1 N–H and O–H groups in total. The molecule has 2 aliphatic heterocycles. The normalized spacial score (nSPS) is 19.6. The quantitative estimate of drug-likeness (QED) is 0.822. The average Bonchev–Trinajstić information content (AvgIpc) is 3.20. The summed E-state index contributed by atoms with van der Waals surface area (Å²) in [7, 11) is -3.53. The fourth-order valence-corrected chi connectivity index (χ4v) is 5.49. The molecule has 144 valence electrons. The Morgan fingerprint density at radius 2 is 1.59 bits per heavy atom. The second-order valence-corrected chi connectivity index (χ2v) is 9.37. The van der Waals surface area contributed by atoms with Crippen molar-refractivity contribution in [3.8, 4) is 0 Å². The Morgan fingerprint density at radius 1 is 0.926 bits per heavy atom. The van der Waals surface area contributed by atoms with Crippen LogP contribution in [0.3, 0.4) is 0 Å². The van der Waals surface area contributed by atoms with Crippen LogP contribution >= 0.6 is 0 Å². The second-order valence-electron chi connectivity index (χ2n) is 7.43. The van der Waals surface area contributed by atoms with E-state index in [0.29, 0.717) is 37.6 Å². The molecule has 0 spiro atoms. The zero-order valence-corrected chi connectivity index (χ0v) is 16.2. The fraction of sp³-hybridized carbons (Fsp3) is 0.450. The third-order valence-corrected chi connectivity index (χ3v) is 7.56. The van der Waals surface area contributed by atoms with Crippen molar-refractivity contribution in [2.45, 2.75) is 17.7 Å². The monoisotopic (exact) mass is 388 g/mol. The van der Waals surface area contributed by atoms with E-state index in [9.17, 15) is 13.2 Å². The van der Waals surface area contributed by atoms with Gasteiger partial charge >= 0.3 is 0 Å². The van der Waals surface area contributed by atoms with Gasteiger partial charge in [-0.25, -0.2) is 8.42 Å². The maximum Gasteiger partial charge on any atom is 0.277 e. The van der Waals surface area contributed by atoms with Crippen molar-refractivity contribution in [1.82, 2.24) is 9.21 Å². The maximum absolute atomic E-state index is 13.0. The highest BCUT2D eigenvalue weighted by Crippen LogP contribution is 2.22. The standard InChI is InChI=1S/C20H25N3O3S/c24-20(16-21-9-3-4-10-21)22-11-13-23(14-12-22)27(25,26)19-8-7-17-5-1-2-6-18(17)15-19/h1-2,5-8,15H,3-4,9-14,16H2/p+1. The third-order valence-electron chi connectivity index (χ3n) is 5.66. The van der Waals surface area contributed by atoms with Crippen molar-refractivity contribution >= 4 is 26.7 Å². The Kier molecular flexibility index (Phi) is 5.16. The first-order chi connectivity index (χ1) is 13.0. The van der Waals surface area contributed by atoms with Crippen LogP contribution in [0.5, 0.6) is 0 Å². The minimum atomic E-state index is -3.53. The van der Waals surface area contributed by atoms with Crippen LogP contribution in [0.15, 0.2) is 47.4 Å². The molecule has 2 aromatic carbocycles. The molecule has 0 saturated carbocycles. The summed E-state index contributed by atoms with van der Waals surface area (Å²) < 4.78 is 27.5. The summed E-state index contributed by atoms with van der Waals surface area (Å²) in [6.45, 7) is 4.34. The highest BCUT2D eigenvalue weighted by atomic mass is 32.2. The molecule has 0 aliphatic carbocycles. The molecule has 0 unspecified atom stereocenters. The van der Waals surface area contributed by atoms with Crippen molar-refractivity contribution < 1.29 is 18.1 Å². The van der Waals surface area contributed by atoms with Gasteiger partial charge in [-0.1, -0.05) is 30.3 Å². The van der Waals surface area contributed by atoms with Gasteiger partial charge in [-0.05, 0) is 22.9 Å². The molecule has 27 heavy (non-hydrogen) atoms. The molecule has 0 bridgehead atoms. The van der Waals surface area contributed by atoms with Crippen LogP contribution in [0.1, 0.15) is 12.8 Å². The number of likely N-dealkylation sites (tertiary alicyclic amines) is 1. The van der Waals surface area contributed by atoms with Crippen LogP contribution < -0.4 is 4.90 Å². The van der Waals surface area contributed by atoms with Gasteiger partial charge in [0.1, 0.15) is 0 Å². The first kappa shape index (κ1) is 18.4. The van der Waals surface area contributed by atoms with Crippen molar-refractivity contribution in [1.29, 1.82) is 0 Å². The van der Waals surface area contributed by atoms with Crippen LogP contribution in [0.25, 0.3) is 10.8 Å². The van der Waals surface area contributed by atoms with Gasteiger partial charge < -0.3 is 9.80 Å². The molecule has 2 heterocycles. The summed E-state index contributed by atoms with van der Waals surface area (Å²) in [5, 5.41) is 1.94. The van der Waals surface area contributed by atoms with Gasteiger partial charge in [0.15, 0.2) is 6.54 Å². The number of nitrogens with one attached hydrogen (secondary N) is 1. The zero-order valence-electron chi connectivity index (χ0n) is 15.4. The summed E-state index contributed by atoms with van der Waals surface area (Å²) in [5.74, 6) is 0.148. The van der Waals surface area contributed by atoms with Crippen molar-refractivity contribution in [2.75, 3.05) is 45.8 Å². The van der Waals surface area contributed by atoms with Gasteiger partial charge in [0.05, 0.1) is 18.0 Å². The number of carbonyl (C=O) groups excluding carboxylic acids is 1.